The number of imide groups is 1. The molecule has 0 spiro atoms. The van der Waals surface area contributed by atoms with Crippen LogP contribution in [0.3, 0.4) is 0 Å². The highest BCUT2D eigenvalue weighted by Crippen LogP contribution is 2.55. The van der Waals surface area contributed by atoms with Crippen LogP contribution in [-0.4, -0.2) is 41.9 Å². The van der Waals surface area contributed by atoms with Gasteiger partial charge >= 0.3 is 6.03 Å². The number of amides is 4. The highest BCUT2D eigenvalue weighted by molar-refractivity contribution is 6.03. The zero-order chi connectivity index (χ0) is 16.7. The Kier molecular flexibility index (Phi) is 3.75. The van der Waals surface area contributed by atoms with Gasteiger partial charge < -0.3 is 10.2 Å². The maximum absolute atomic E-state index is 12.4. The molecular weight excluding hydrogens is 306 g/mol. The number of hydrogen-bond acceptors (Lipinski definition) is 3. The molecule has 4 amide bonds. The van der Waals surface area contributed by atoms with Crippen LogP contribution in [0.5, 0.6) is 0 Å². The monoisotopic (exact) mass is 327 g/mol. The summed E-state index contributed by atoms with van der Waals surface area (Å²) in [6, 6.07) is 9.99. The van der Waals surface area contributed by atoms with Crippen LogP contribution in [0.4, 0.5) is 4.79 Å². The van der Waals surface area contributed by atoms with Crippen molar-refractivity contribution >= 4 is 17.8 Å². The summed E-state index contributed by atoms with van der Waals surface area (Å²) >= 11 is 0. The Morgan fingerprint density at radius 1 is 1.17 bits per heavy atom. The zero-order valence-corrected chi connectivity index (χ0v) is 13.4. The fourth-order valence-electron chi connectivity index (χ4n) is 4.64. The number of carbonyl (C=O) groups is 3. The highest BCUT2D eigenvalue weighted by atomic mass is 16.2. The SMILES string of the molecule is O=C1CN(CC(=O)N[C@@H]2[C@@H]3CCC[C@@H]3[C@@H]2c2ccccc2)C(=O)N1. The van der Waals surface area contributed by atoms with Gasteiger partial charge in [0.2, 0.25) is 11.8 Å². The van der Waals surface area contributed by atoms with Gasteiger partial charge in [-0.3, -0.25) is 14.9 Å². The van der Waals surface area contributed by atoms with Gasteiger partial charge in [0, 0.05) is 12.0 Å². The first-order chi connectivity index (χ1) is 11.6. The average molecular weight is 327 g/mol. The largest absolute Gasteiger partial charge is 0.351 e. The summed E-state index contributed by atoms with van der Waals surface area (Å²) < 4.78 is 0. The Labute approximate surface area is 140 Å². The second-order valence-electron chi connectivity index (χ2n) is 7.00. The number of hydrogen-bond donors (Lipinski definition) is 2. The molecule has 6 heteroatoms. The third-order valence-electron chi connectivity index (χ3n) is 5.65. The highest BCUT2D eigenvalue weighted by Gasteiger charge is 2.53. The van der Waals surface area contributed by atoms with Crippen LogP contribution in [0.25, 0.3) is 0 Å². The van der Waals surface area contributed by atoms with Gasteiger partial charge in [-0.15, -0.1) is 0 Å². The van der Waals surface area contributed by atoms with Gasteiger partial charge in [-0.25, -0.2) is 4.79 Å². The van der Waals surface area contributed by atoms with Crippen molar-refractivity contribution in [2.24, 2.45) is 11.8 Å². The summed E-state index contributed by atoms with van der Waals surface area (Å²) in [4.78, 5) is 36.4. The quantitative estimate of drug-likeness (QED) is 0.817. The minimum Gasteiger partial charge on any atom is -0.351 e. The molecule has 126 valence electrons. The van der Waals surface area contributed by atoms with Crippen LogP contribution in [0.1, 0.15) is 30.7 Å². The van der Waals surface area contributed by atoms with Crippen molar-refractivity contribution in [3.8, 4) is 0 Å². The van der Waals surface area contributed by atoms with Gasteiger partial charge in [-0.05, 0) is 30.2 Å². The molecule has 4 rings (SSSR count). The van der Waals surface area contributed by atoms with E-state index in [-0.39, 0.29) is 30.9 Å². The van der Waals surface area contributed by atoms with Gasteiger partial charge in [0.05, 0.1) is 0 Å². The number of fused-ring (bicyclic) bond motifs is 1. The maximum atomic E-state index is 12.4. The van der Waals surface area contributed by atoms with Gasteiger partial charge in [-0.2, -0.15) is 0 Å². The fraction of sp³-hybridized carbons (Fsp3) is 0.500. The Morgan fingerprint density at radius 2 is 1.92 bits per heavy atom. The van der Waals surface area contributed by atoms with Crippen molar-refractivity contribution in [3.63, 3.8) is 0 Å². The molecular formula is C18H21N3O3. The van der Waals surface area contributed by atoms with Crippen LogP contribution in [-0.2, 0) is 9.59 Å². The van der Waals surface area contributed by atoms with Gasteiger partial charge in [0.15, 0.2) is 0 Å². The number of benzene rings is 1. The summed E-state index contributed by atoms with van der Waals surface area (Å²) in [7, 11) is 0. The Bertz CT molecular complexity index is 675. The number of nitrogens with zero attached hydrogens (tertiary/aromatic N) is 1. The molecule has 24 heavy (non-hydrogen) atoms. The van der Waals surface area contributed by atoms with E-state index in [2.05, 4.69) is 22.8 Å². The van der Waals surface area contributed by atoms with E-state index in [9.17, 15) is 14.4 Å². The molecule has 1 aromatic rings. The molecule has 1 aromatic carbocycles. The topological polar surface area (TPSA) is 78.5 Å². The van der Waals surface area contributed by atoms with E-state index in [1.165, 1.54) is 23.3 Å². The van der Waals surface area contributed by atoms with Crippen LogP contribution in [0, 0.1) is 11.8 Å². The molecule has 4 atom stereocenters. The van der Waals surface area contributed by atoms with Crippen molar-refractivity contribution in [2.75, 3.05) is 13.1 Å². The lowest BCUT2D eigenvalue weighted by atomic mass is 9.60. The minimum atomic E-state index is -0.484. The maximum Gasteiger partial charge on any atom is 0.325 e. The van der Waals surface area contributed by atoms with E-state index in [0.717, 1.165) is 6.42 Å². The molecule has 0 bridgehead atoms. The van der Waals surface area contributed by atoms with Crippen LogP contribution >= 0.6 is 0 Å². The number of rotatable bonds is 4. The van der Waals surface area contributed by atoms with Gasteiger partial charge in [0.25, 0.3) is 0 Å². The van der Waals surface area contributed by atoms with Gasteiger partial charge in [0.1, 0.15) is 13.1 Å². The first kappa shape index (κ1) is 15.2. The number of urea groups is 1. The van der Waals surface area contributed by atoms with E-state index in [4.69, 9.17) is 0 Å². The van der Waals surface area contributed by atoms with Crippen molar-refractivity contribution in [1.29, 1.82) is 0 Å². The third-order valence-corrected chi connectivity index (χ3v) is 5.65. The van der Waals surface area contributed by atoms with Crippen molar-refractivity contribution in [2.45, 2.75) is 31.2 Å². The normalized spacial score (nSPS) is 31.4. The Balaban J connectivity index is 1.43. The van der Waals surface area contributed by atoms with E-state index >= 15 is 0 Å². The van der Waals surface area contributed by atoms with E-state index in [0.29, 0.717) is 17.8 Å². The lowest BCUT2D eigenvalue weighted by Crippen LogP contribution is -2.58. The molecule has 3 fully saturated rings. The van der Waals surface area contributed by atoms with E-state index < -0.39 is 6.03 Å². The Hall–Kier alpha value is -2.37. The van der Waals surface area contributed by atoms with E-state index in [1.54, 1.807) is 0 Å². The first-order valence-corrected chi connectivity index (χ1v) is 8.56. The molecule has 3 aliphatic rings. The summed E-state index contributed by atoms with van der Waals surface area (Å²) in [5, 5.41) is 5.32. The molecule has 1 aliphatic heterocycles. The van der Waals surface area contributed by atoms with Crippen molar-refractivity contribution in [3.05, 3.63) is 35.9 Å². The van der Waals surface area contributed by atoms with Gasteiger partial charge in [-0.1, -0.05) is 36.8 Å². The molecule has 6 nitrogen and oxygen atoms in total. The smallest absolute Gasteiger partial charge is 0.325 e. The second kappa shape index (κ2) is 5.92. The number of carbonyl (C=O) groups excluding carboxylic acids is 3. The molecule has 1 saturated heterocycles. The van der Waals surface area contributed by atoms with Crippen LogP contribution < -0.4 is 10.6 Å². The van der Waals surface area contributed by atoms with Crippen molar-refractivity contribution in [1.82, 2.24) is 15.5 Å². The lowest BCUT2D eigenvalue weighted by molar-refractivity contribution is -0.124. The second-order valence-corrected chi connectivity index (χ2v) is 7.00. The summed E-state index contributed by atoms with van der Waals surface area (Å²) in [6.07, 6.45) is 3.59. The lowest BCUT2D eigenvalue weighted by Gasteiger charge is -2.49. The molecule has 2 N–H and O–H groups in total. The van der Waals surface area contributed by atoms with Crippen LogP contribution in [0.15, 0.2) is 30.3 Å². The molecule has 2 saturated carbocycles. The summed E-state index contributed by atoms with van der Waals surface area (Å²) in [6.45, 7) is -0.0991. The summed E-state index contributed by atoms with van der Waals surface area (Å²) in [5.74, 6) is 1.00. The zero-order valence-electron chi connectivity index (χ0n) is 13.4. The molecule has 1 heterocycles. The molecule has 0 unspecified atom stereocenters. The third kappa shape index (κ3) is 2.56. The Morgan fingerprint density at radius 3 is 2.62 bits per heavy atom. The predicted molar refractivity (Wildman–Crippen MR) is 87.1 cm³/mol. The summed E-state index contributed by atoms with van der Waals surface area (Å²) in [5.41, 5.74) is 1.28. The number of nitrogens with one attached hydrogen (secondary N) is 2. The average Bonchev–Trinajstić information content (AvgIpc) is 3.10. The first-order valence-electron chi connectivity index (χ1n) is 8.56. The molecule has 0 aromatic heterocycles. The van der Waals surface area contributed by atoms with Crippen molar-refractivity contribution < 1.29 is 14.4 Å². The van der Waals surface area contributed by atoms with Crippen LogP contribution in [0.2, 0.25) is 0 Å². The molecule has 2 aliphatic carbocycles. The molecule has 0 radical (unpaired) electrons. The van der Waals surface area contributed by atoms with E-state index in [1.807, 2.05) is 18.2 Å². The fourth-order valence-corrected chi connectivity index (χ4v) is 4.64. The minimum absolute atomic E-state index is 0.0366. The predicted octanol–water partition coefficient (Wildman–Crippen LogP) is 1.24. The standard InChI is InChI=1S/C18H21N3O3/c22-14(9-21-10-15(23)20-18(21)24)19-17-13-8-4-7-12(13)16(17)11-5-2-1-3-6-11/h1-3,5-6,12-13,16-17H,4,7-10H2,(H,19,22)(H,20,23,24)/t12-,13+,16-,17+/m0/s1.